The van der Waals surface area contributed by atoms with Crippen LogP contribution in [0.2, 0.25) is 0 Å². The number of carboxylic acids is 1. The molecule has 6 nitrogen and oxygen atoms in total. The zero-order valence-electron chi connectivity index (χ0n) is 9.25. The van der Waals surface area contributed by atoms with Gasteiger partial charge >= 0.3 is 5.97 Å². The molecule has 0 fully saturated rings. The molecule has 1 rings (SSSR count). The molecular formula is C11H13ClO6. The number of halogens is 1. The van der Waals surface area contributed by atoms with Crippen LogP contribution in [-0.2, 0) is 0 Å². The normalized spacial score (nSPS) is 14.2. The van der Waals surface area contributed by atoms with Crippen molar-refractivity contribution in [3.63, 3.8) is 0 Å². The van der Waals surface area contributed by atoms with Crippen molar-refractivity contribution >= 4 is 17.6 Å². The highest BCUT2D eigenvalue weighted by Crippen LogP contribution is 2.33. The van der Waals surface area contributed by atoms with Crippen molar-refractivity contribution in [1.29, 1.82) is 0 Å². The molecule has 0 bridgehead atoms. The summed E-state index contributed by atoms with van der Waals surface area (Å²) in [5.41, 5.74) is -0.650. The summed E-state index contributed by atoms with van der Waals surface area (Å²) in [5, 5.41) is 46.9. The Labute approximate surface area is 108 Å². The number of phenolic OH excluding ortho intramolecular Hbond substituents is 1. The SMILES string of the molecule is O=C(O)c1cc(C(O)C(O)CCCl)c(O)cc1O. The zero-order valence-corrected chi connectivity index (χ0v) is 10.0. The van der Waals surface area contributed by atoms with E-state index in [0.29, 0.717) is 0 Å². The van der Waals surface area contributed by atoms with E-state index in [4.69, 9.17) is 16.7 Å². The average molecular weight is 277 g/mol. The predicted octanol–water partition coefficient (Wildman–Crippen LogP) is 0.819. The fourth-order valence-corrected chi connectivity index (χ4v) is 1.70. The van der Waals surface area contributed by atoms with E-state index < -0.39 is 35.2 Å². The van der Waals surface area contributed by atoms with Gasteiger partial charge in [0.2, 0.25) is 0 Å². The Kier molecular flexibility index (Phi) is 4.77. The van der Waals surface area contributed by atoms with Crippen LogP contribution in [0.3, 0.4) is 0 Å². The van der Waals surface area contributed by atoms with Crippen LogP contribution < -0.4 is 0 Å². The van der Waals surface area contributed by atoms with Gasteiger partial charge in [-0.05, 0) is 12.5 Å². The number of phenols is 2. The highest BCUT2D eigenvalue weighted by Gasteiger charge is 2.24. The second-order valence-electron chi connectivity index (χ2n) is 3.72. The van der Waals surface area contributed by atoms with E-state index in [-0.39, 0.29) is 17.9 Å². The Morgan fingerprint density at radius 1 is 1.22 bits per heavy atom. The first kappa shape index (κ1) is 14.6. The van der Waals surface area contributed by atoms with Crippen molar-refractivity contribution in [3.8, 4) is 11.5 Å². The molecule has 0 aliphatic carbocycles. The van der Waals surface area contributed by atoms with Crippen LogP contribution in [0.15, 0.2) is 12.1 Å². The van der Waals surface area contributed by atoms with Crippen LogP contribution in [0, 0.1) is 0 Å². The average Bonchev–Trinajstić information content (AvgIpc) is 2.28. The number of benzene rings is 1. The number of aliphatic hydroxyl groups excluding tert-OH is 2. The Hall–Kier alpha value is -1.50. The van der Waals surface area contributed by atoms with E-state index in [2.05, 4.69) is 0 Å². The molecule has 7 heteroatoms. The van der Waals surface area contributed by atoms with Gasteiger partial charge in [-0.25, -0.2) is 4.79 Å². The van der Waals surface area contributed by atoms with Crippen LogP contribution in [0.1, 0.15) is 28.4 Å². The molecule has 0 amide bonds. The molecular weight excluding hydrogens is 264 g/mol. The number of hydrogen-bond donors (Lipinski definition) is 5. The first-order chi connectivity index (χ1) is 8.38. The molecule has 2 unspecified atom stereocenters. The summed E-state index contributed by atoms with van der Waals surface area (Å²) in [4.78, 5) is 10.8. The number of alkyl halides is 1. The summed E-state index contributed by atoms with van der Waals surface area (Å²) >= 11 is 5.41. The summed E-state index contributed by atoms with van der Waals surface area (Å²) in [5.74, 6) is -2.43. The minimum absolute atomic E-state index is 0.0748. The number of aromatic carboxylic acids is 1. The third kappa shape index (κ3) is 3.04. The van der Waals surface area contributed by atoms with E-state index in [1.54, 1.807) is 0 Å². The minimum Gasteiger partial charge on any atom is -0.507 e. The van der Waals surface area contributed by atoms with Crippen molar-refractivity contribution in [2.24, 2.45) is 0 Å². The van der Waals surface area contributed by atoms with Gasteiger partial charge in [-0.15, -0.1) is 11.6 Å². The summed E-state index contributed by atoms with van der Waals surface area (Å²) < 4.78 is 0. The lowest BCUT2D eigenvalue weighted by atomic mass is 9.99. The maximum atomic E-state index is 10.8. The zero-order chi connectivity index (χ0) is 13.9. The number of rotatable bonds is 5. The van der Waals surface area contributed by atoms with Crippen molar-refractivity contribution in [3.05, 3.63) is 23.3 Å². The van der Waals surface area contributed by atoms with E-state index in [0.717, 1.165) is 12.1 Å². The molecule has 1 aromatic carbocycles. The smallest absolute Gasteiger partial charge is 0.339 e. The van der Waals surface area contributed by atoms with Crippen molar-refractivity contribution in [1.82, 2.24) is 0 Å². The van der Waals surface area contributed by atoms with Gasteiger partial charge in [0.05, 0.1) is 6.10 Å². The largest absolute Gasteiger partial charge is 0.507 e. The van der Waals surface area contributed by atoms with E-state index in [9.17, 15) is 25.2 Å². The number of hydrogen-bond acceptors (Lipinski definition) is 5. The number of aliphatic hydroxyl groups is 2. The van der Waals surface area contributed by atoms with Crippen LogP contribution in [-0.4, -0.2) is 43.5 Å². The number of carbonyl (C=O) groups is 1. The maximum absolute atomic E-state index is 10.8. The highest BCUT2D eigenvalue weighted by molar-refractivity contribution is 6.17. The summed E-state index contributed by atoms with van der Waals surface area (Å²) in [6.45, 7) is 0. The molecule has 1 aromatic rings. The van der Waals surface area contributed by atoms with E-state index in [1.165, 1.54) is 0 Å². The molecule has 2 atom stereocenters. The molecule has 0 spiro atoms. The second-order valence-corrected chi connectivity index (χ2v) is 4.10. The molecule has 0 aliphatic rings. The van der Waals surface area contributed by atoms with Gasteiger partial charge in [-0.1, -0.05) is 0 Å². The third-order valence-electron chi connectivity index (χ3n) is 2.46. The second kappa shape index (κ2) is 5.90. The molecule has 0 aromatic heterocycles. The number of aromatic hydroxyl groups is 2. The highest BCUT2D eigenvalue weighted by atomic mass is 35.5. The Morgan fingerprint density at radius 3 is 2.33 bits per heavy atom. The fourth-order valence-electron chi connectivity index (χ4n) is 1.48. The molecule has 100 valence electrons. The first-order valence-corrected chi connectivity index (χ1v) is 5.63. The molecule has 18 heavy (non-hydrogen) atoms. The van der Waals surface area contributed by atoms with E-state index in [1.807, 2.05) is 0 Å². The molecule has 0 saturated carbocycles. The minimum atomic E-state index is -1.48. The monoisotopic (exact) mass is 276 g/mol. The summed E-state index contributed by atoms with van der Waals surface area (Å²) in [6.07, 6.45) is -2.65. The van der Waals surface area contributed by atoms with Gasteiger partial charge in [-0.3, -0.25) is 0 Å². The van der Waals surface area contributed by atoms with Gasteiger partial charge in [-0.2, -0.15) is 0 Å². The Bertz CT molecular complexity index is 447. The van der Waals surface area contributed by atoms with Crippen LogP contribution in [0.4, 0.5) is 0 Å². The summed E-state index contributed by atoms with van der Waals surface area (Å²) in [7, 11) is 0. The van der Waals surface area contributed by atoms with Crippen LogP contribution >= 0.6 is 11.6 Å². The van der Waals surface area contributed by atoms with Crippen molar-refractivity contribution in [2.45, 2.75) is 18.6 Å². The molecule has 0 aliphatic heterocycles. The van der Waals surface area contributed by atoms with Crippen LogP contribution in [0.25, 0.3) is 0 Å². The van der Waals surface area contributed by atoms with Gasteiger partial charge in [0.1, 0.15) is 23.2 Å². The lowest BCUT2D eigenvalue weighted by Gasteiger charge is -2.19. The van der Waals surface area contributed by atoms with Crippen molar-refractivity contribution < 1.29 is 30.3 Å². The fraction of sp³-hybridized carbons (Fsp3) is 0.364. The number of carboxylic acid groups (broad SMARTS) is 1. The maximum Gasteiger partial charge on any atom is 0.339 e. The third-order valence-corrected chi connectivity index (χ3v) is 2.68. The quantitative estimate of drug-likeness (QED) is 0.508. The van der Waals surface area contributed by atoms with Gasteiger partial charge in [0, 0.05) is 17.5 Å². The Morgan fingerprint density at radius 2 is 1.83 bits per heavy atom. The van der Waals surface area contributed by atoms with Crippen LogP contribution in [0.5, 0.6) is 11.5 Å². The lowest BCUT2D eigenvalue weighted by molar-refractivity contribution is 0.0155. The molecule has 0 heterocycles. The summed E-state index contributed by atoms with van der Waals surface area (Å²) in [6, 6.07) is 1.71. The topological polar surface area (TPSA) is 118 Å². The van der Waals surface area contributed by atoms with E-state index >= 15 is 0 Å². The Balaban J connectivity index is 3.15. The molecule has 0 radical (unpaired) electrons. The van der Waals surface area contributed by atoms with Gasteiger partial charge in [0.15, 0.2) is 0 Å². The van der Waals surface area contributed by atoms with Crippen molar-refractivity contribution in [2.75, 3.05) is 5.88 Å². The van der Waals surface area contributed by atoms with Gasteiger partial charge in [0.25, 0.3) is 0 Å². The van der Waals surface area contributed by atoms with Gasteiger partial charge < -0.3 is 25.5 Å². The molecule has 5 N–H and O–H groups in total. The predicted molar refractivity (Wildman–Crippen MR) is 63.0 cm³/mol. The standard InChI is InChI=1S/C11H13ClO6/c12-2-1-7(13)10(16)5-3-6(11(17)18)9(15)4-8(5)14/h3-4,7,10,13-16H,1-2H2,(H,17,18). The lowest BCUT2D eigenvalue weighted by Crippen LogP contribution is -2.19. The first-order valence-electron chi connectivity index (χ1n) is 5.09. The molecule has 0 saturated heterocycles.